The average molecular weight is 400 g/mol. The van der Waals surface area contributed by atoms with Crippen molar-refractivity contribution in [1.29, 1.82) is 0 Å². The molecule has 2 aromatic carbocycles. The van der Waals surface area contributed by atoms with E-state index in [-0.39, 0.29) is 17.7 Å². The molecule has 2 aromatic rings. The summed E-state index contributed by atoms with van der Waals surface area (Å²) in [5.74, 6) is -0.00963. The number of hydrogen-bond acceptors (Lipinski definition) is 3. The predicted octanol–water partition coefficient (Wildman–Crippen LogP) is 3.95. The molecule has 128 valence electrons. The topological polar surface area (TPSA) is 70.6 Å². The lowest BCUT2D eigenvalue weighted by atomic mass is 10.1. The molecule has 1 saturated carbocycles. The van der Waals surface area contributed by atoms with Crippen molar-refractivity contribution >= 4 is 39.1 Å². The second kappa shape index (κ2) is 7.61. The molecule has 3 rings (SSSR count). The highest BCUT2D eigenvalue weighted by Crippen LogP contribution is 2.30. The van der Waals surface area contributed by atoms with Crippen molar-refractivity contribution in [1.82, 2.24) is 5.43 Å². The molecule has 0 aromatic heterocycles. The highest BCUT2D eigenvalue weighted by Gasteiger charge is 2.29. The Kier molecular flexibility index (Phi) is 5.28. The zero-order valence-corrected chi connectivity index (χ0v) is 15.3. The van der Waals surface area contributed by atoms with Crippen molar-refractivity contribution in [2.75, 3.05) is 5.32 Å². The van der Waals surface area contributed by atoms with E-state index >= 15 is 0 Å². The Morgan fingerprint density at radius 1 is 1.08 bits per heavy atom. The lowest BCUT2D eigenvalue weighted by Gasteiger charge is -2.06. The Labute approximate surface area is 154 Å². The van der Waals surface area contributed by atoms with Crippen LogP contribution < -0.4 is 10.7 Å². The van der Waals surface area contributed by atoms with Crippen LogP contribution in [0.1, 0.15) is 35.7 Å². The molecule has 1 fully saturated rings. The van der Waals surface area contributed by atoms with Crippen LogP contribution in [-0.2, 0) is 4.79 Å². The first kappa shape index (κ1) is 17.4. The van der Waals surface area contributed by atoms with E-state index in [1.807, 2.05) is 37.3 Å². The minimum Gasteiger partial charge on any atom is -0.326 e. The molecule has 0 unspecified atom stereocenters. The fourth-order valence-corrected chi connectivity index (χ4v) is 2.68. The summed E-state index contributed by atoms with van der Waals surface area (Å²) in [6.07, 6.45) is 1.96. The summed E-state index contributed by atoms with van der Waals surface area (Å²) < 4.78 is 0.838. The third-order valence-electron chi connectivity index (χ3n) is 3.93. The molecule has 5 nitrogen and oxygen atoms in total. The minimum atomic E-state index is -0.269. The van der Waals surface area contributed by atoms with Gasteiger partial charge in [-0.05, 0) is 55.7 Å². The Balaban J connectivity index is 1.61. The van der Waals surface area contributed by atoms with E-state index in [1.54, 1.807) is 18.2 Å². The zero-order valence-electron chi connectivity index (χ0n) is 13.8. The highest BCUT2D eigenvalue weighted by atomic mass is 79.9. The van der Waals surface area contributed by atoms with Crippen LogP contribution in [0, 0.1) is 5.92 Å². The van der Waals surface area contributed by atoms with E-state index in [2.05, 4.69) is 31.8 Å². The Bertz CT molecular complexity index is 827. The van der Waals surface area contributed by atoms with E-state index in [1.165, 1.54) is 0 Å². The number of nitrogens with one attached hydrogen (secondary N) is 2. The molecule has 0 atom stereocenters. The van der Waals surface area contributed by atoms with Gasteiger partial charge in [0.15, 0.2) is 0 Å². The Hall–Kier alpha value is -2.47. The first-order chi connectivity index (χ1) is 12.0. The van der Waals surface area contributed by atoms with E-state index in [9.17, 15) is 9.59 Å². The summed E-state index contributed by atoms with van der Waals surface area (Å²) in [4.78, 5) is 23.8. The smallest absolute Gasteiger partial charge is 0.271 e. The van der Waals surface area contributed by atoms with Gasteiger partial charge >= 0.3 is 0 Å². The van der Waals surface area contributed by atoms with Gasteiger partial charge in [0, 0.05) is 21.6 Å². The van der Waals surface area contributed by atoms with Crippen LogP contribution in [0.15, 0.2) is 58.1 Å². The number of anilines is 1. The normalized spacial score (nSPS) is 14.1. The number of hydrazone groups is 1. The molecule has 0 spiro atoms. The number of carbonyl (C=O) groups is 2. The maximum absolute atomic E-state index is 12.1. The van der Waals surface area contributed by atoms with Gasteiger partial charge < -0.3 is 5.32 Å². The number of rotatable bonds is 5. The lowest BCUT2D eigenvalue weighted by molar-refractivity contribution is -0.117. The molecule has 0 radical (unpaired) electrons. The summed E-state index contributed by atoms with van der Waals surface area (Å²) in [6.45, 7) is 1.82. The number of benzene rings is 2. The van der Waals surface area contributed by atoms with Gasteiger partial charge in [0.05, 0.1) is 5.71 Å². The first-order valence-corrected chi connectivity index (χ1v) is 8.84. The zero-order chi connectivity index (χ0) is 17.8. The van der Waals surface area contributed by atoms with E-state index in [4.69, 9.17) is 0 Å². The maximum atomic E-state index is 12.1. The van der Waals surface area contributed by atoms with Crippen molar-refractivity contribution in [2.45, 2.75) is 19.8 Å². The molecule has 25 heavy (non-hydrogen) atoms. The van der Waals surface area contributed by atoms with Gasteiger partial charge in [0.1, 0.15) is 0 Å². The van der Waals surface area contributed by atoms with Gasteiger partial charge in [0.25, 0.3) is 5.91 Å². The third-order valence-corrected chi connectivity index (χ3v) is 4.42. The molecule has 0 heterocycles. The van der Waals surface area contributed by atoms with E-state index < -0.39 is 0 Å². The number of halogens is 1. The highest BCUT2D eigenvalue weighted by molar-refractivity contribution is 9.10. The monoisotopic (exact) mass is 399 g/mol. The average Bonchev–Trinajstić information content (AvgIpc) is 3.45. The molecule has 6 heteroatoms. The molecule has 1 aliphatic rings. The van der Waals surface area contributed by atoms with Crippen molar-refractivity contribution < 1.29 is 9.59 Å². The van der Waals surface area contributed by atoms with Gasteiger partial charge in [0.2, 0.25) is 5.91 Å². The summed E-state index contributed by atoms with van der Waals surface area (Å²) >= 11 is 3.34. The Morgan fingerprint density at radius 3 is 2.44 bits per heavy atom. The minimum absolute atomic E-state index is 0.0828. The summed E-state index contributed by atoms with van der Waals surface area (Å²) in [6, 6.07) is 14.5. The molecule has 2 amide bonds. The van der Waals surface area contributed by atoms with Gasteiger partial charge in [-0.2, -0.15) is 5.10 Å². The van der Waals surface area contributed by atoms with Gasteiger partial charge in [-0.25, -0.2) is 5.43 Å². The Morgan fingerprint density at radius 2 is 1.80 bits per heavy atom. The van der Waals surface area contributed by atoms with E-state index in [0.29, 0.717) is 11.3 Å². The van der Waals surface area contributed by atoms with Crippen molar-refractivity contribution in [2.24, 2.45) is 11.0 Å². The van der Waals surface area contributed by atoms with Crippen molar-refractivity contribution in [3.63, 3.8) is 0 Å². The molecular formula is C19H18BrN3O2. The van der Waals surface area contributed by atoms with Gasteiger partial charge in [-0.1, -0.05) is 34.1 Å². The number of carbonyl (C=O) groups excluding carboxylic acids is 2. The van der Waals surface area contributed by atoms with Crippen LogP contribution in [0.4, 0.5) is 5.69 Å². The summed E-state index contributed by atoms with van der Waals surface area (Å²) in [5, 5.41) is 7.04. The van der Waals surface area contributed by atoms with Crippen LogP contribution in [0.5, 0.6) is 0 Å². The molecule has 0 saturated heterocycles. The van der Waals surface area contributed by atoms with Crippen LogP contribution in [-0.4, -0.2) is 17.5 Å². The SMILES string of the molecule is C/C(=N/NC(=O)c1cccc(Br)c1)c1ccc(NC(=O)C2CC2)cc1. The summed E-state index contributed by atoms with van der Waals surface area (Å²) in [5.41, 5.74) is 5.41. The molecular weight excluding hydrogens is 382 g/mol. The van der Waals surface area contributed by atoms with Crippen LogP contribution in [0.3, 0.4) is 0 Å². The predicted molar refractivity (Wildman–Crippen MR) is 102 cm³/mol. The lowest BCUT2D eigenvalue weighted by Crippen LogP contribution is -2.19. The molecule has 0 aliphatic heterocycles. The standard InChI is InChI=1S/C19H18BrN3O2/c1-12(22-23-19(25)15-3-2-4-16(20)11-15)13-7-9-17(10-8-13)21-18(24)14-5-6-14/h2-4,7-11,14H,5-6H2,1H3,(H,21,24)(H,23,25)/b22-12-. The van der Waals surface area contributed by atoms with Crippen LogP contribution >= 0.6 is 15.9 Å². The first-order valence-electron chi connectivity index (χ1n) is 8.04. The third kappa shape index (κ3) is 4.76. The summed E-state index contributed by atoms with van der Waals surface area (Å²) in [7, 11) is 0. The van der Waals surface area contributed by atoms with Gasteiger partial charge in [-0.15, -0.1) is 0 Å². The van der Waals surface area contributed by atoms with Crippen molar-refractivity contribution in [3.05, 3.63) is 64.1 Å². The fraction of sp³-hybridized carbons (Fsp3) is 0.211. The largest absolute Gasteiger partial charge is 0.326 e. The molecule has 0 bridgehead atoms. The number of nitrogens with zero attached hydrogens (tertiary/aromatic N) is 1. The number of amides is 2. The van der Waals surface area contributed by atoms with Crippen LogP contribution in [0.2, 0.25) is 0 Å². The number of hydrogen-bond donors (Lipinski definition) is 2. The second-order valence-corrected chi connectivity index (χ2v) is 6.91. The molecule has 1 aliphatic carbocycles. The maximum Gasteiger partial charge on any atom is 0.271 e. The van der Waals surface area contributed by atoms with E-state index in [0.717, 1.165) is 28.6 Å². The molecule has 2 N–H and O–H groups in total. The van der Waals surface area contributed by atoms with Crippen molar-refractivity contribution in [3.8, 4) is 0 Å². The van der Waals surface area contributed by atoms with Gasteiger partial charge in [-0.3, -0.25) is 9.59 Å². The second-order valence-electron chi connectivity index (χ2n) is 5.99. The quantitative estimate of drug-likeness (QED) is 0.590. The fourth-order valence-electron chi connectivity index (χ4n) is 2.28. The van der Waals surface area contributed by atoms with Crippen LogP contribution in [0.25, 0.3) is 0 Å².